The number of hydrogen-bond acceptors (Lipinski definition) is 4. The van der Waals surface area contributed by atoms with Gasteiger partial charge in [0.1, 0.15) is 6.26 Å². The van der Waals surface area contributed by atoms with Crippen molar-refractivity contribution in [1.82, 2.24) is 10.3 Å². The summed E-state index contributed by atoms with van der Waals surface area (Å²) in [6.45, 7) is 4.21. The topological polar surface area (TPSA) is 47.3 Å². The summed E-state index contributed by atoms with van der Waals surface area (Å²) in [6, 6.07) is 6.10. The zero-order chi connectivity index (χ0) is 13.7. The number of halogens is 1. The third-order valence-corrected chi connectivity index (χ3v) is 3.38. The Kier molecular flexibility index (Phi) is 5.13. The fourth-order valence-corrected chi connectivity index (χ4v) is 2.12. The second kappa shape index (κ2) is 6.84. The molecular weight excluding hydrogens is 308 g/mol. The van der Waals surface area contributed by atoms with Crippen LogP contribution in [0, 0.1) is 6.92 Å². The lowest BCUT2D eigenvalue weighted by atomic mass is 10.1. The molecular formula is C14H17BrN2O2. The van der Waals surface area contributed by atoms with Gasteiger partial charge in [0.05, 0.1) is 17.9 Å². The molecule has 0 aliphatic heterocycles. The van der Waals surface area contributed by atoms with Gasteiger partial charge in [-0.1, -0.05) is 11.6 Å². The molecule has 0 aliphatic rings. The van der Waals surface area contributed by atoms with E-state index in [0.717, 1.165) is 22.3 Å². The van der Waals surface area contributed by atoms with Crippen molar-refractivity contribution in [3.63, 3.8) is 0 Å². The highest BCUT2D eigenvalue weighted by Gasteiger charge is 2.10. The summed E-state index contributed by atoms with van der Waals surface area (Å²) in [4.78, 5) is 4.48. The summed E-state index contributed by atoms with van der Waals surface area (Å²) < 4.78 is 11.5. The minimum atomic E-state index is 0.638. The molecule has 0 amide bonds. The van der Waals surface area contributed by atoms with Crippen LogP contribution in [0.1, 0.15) is 11.3 Å². The van der Waals surface area contributed by atoms with Gasteiger partial charge in [-0.3, -0.25) is 0 Å². The number of aromatic nitrogens is 1. The number of aryl methyl sites for hydroxylation is 1. The van der Waals surface area contributed by atoms with Gasteiger partial charge in [-0.15, -0.1) is 0 Å². The van der Waals surface area contributed by atoms with E-state index < -0.39 is 0 Å². The van der Waals surface area contributed by atoms with Gasteiger partial charge >= 0.3 is 0 Å². The molecule has 5 heteroatoms. The Hall–Kier alpha value is -1.17. The smallest absolute Gasteiger partial charge is 0.227 e. The molecule has 1 aromatic carbocycles. The molecule has 0 saturated heterocycles. The van der Waals surface area contributed by atoms with Crippen LogP contribution in [-0.2, 0) is 11.3 Å². The fraction of sp³-hybridized carbons (Fsp3) is 0.357. The number of hydrogen-bond donors (Lipinski definition) is 1. The summed E-state index contributed by atoms with van der Waals surface area (Å²) in [5, 5.41) is 3.23. The molecule has 0 aliphatic carbocycles. The molecule has 1 aromatic heterocycles. The highest BCUT2D eigenvalue weighted by Crippen LogP contribution is 2.28. The Morgan fingerprint density at radius 1 is 1.42 bits per heavy atom. The van der Waals surface area contributed by atoms with Gasteiger partial charge in [0, 0.05) is 24.7 Å². The van der Waals surface area contributed by atoms with Crippen molar-refractivity contribution < 1.29 is 9.15 Å². The number of rotatable bonds is 6. The van der Waals surface area contributed by atoms with Gasteiger partial charge in [-0.05, 0) is 35.0 Å². The van der Waals surface area contributed by atoms with Crippen LogP contribution in [0.4, 0.5) is 0 Å². The minimum absolute atomic E-state index is 0.638. The lowest BCUT2D eigenvalue weighted by Gasteiger charge is -2.01. The Labute approximate surface area is 121 Å². The molecule has 0 atom stereocenters. The summed E-state index contributed by atoms with van der Waals surface area (Å²) in [7, 11) is 1.69. The lowest BCUT2D eigenvalue weighted by molar-refractivity contribution is 0.199. The van der Waals surface area contributed by atoms with Crippen LogP contribution in [0.25, 0.3) is 11.5 Å². The van der Waals surface area contributed by atoms with Crippen LogP contribution in [0.3, 0.4) is 0 Å². The Balaban J connectivity index is 2.06. The molecule has 0 unspecified atom stereocenters. The average molecular weight is 325 g/mol. The predicted molar refractivity (Wildman–Crippen MR) is 78.0 cm³/mol. The number of benzene rings is 1. The zero-order valence-corrected chi connectivity index (χ0v) is 12.7. The van der Waals surface area contributed by atoms with E-state index in [0.29, 0.717) is 19.0 Å². The zero-order valence-electron chi connectivity index (χ0n) is 11.1. The van der Waals surface area contributed by atoms with Gasteiger partial charge in [0.15, 0.2) is 0 Å². The van der Waals surface area contributed by atoms with E-state index in [1.165, 1.54) is 5.56 Å². The van der Waals surface area contributed by atoms with Crippen LogP contribution < -0.4 is 5.32 Å². The summed E-state index contributed by atoms with van der Waals surface area (Å²) in [5.41, 5.74) is 3.04. The van der Waals surface area contributed by atoms with Crippen molar-refractivity contribution in [2.75, 3.05) is 20.3 Å². The molecule has 4 nitrogen and oxygen atoms in total. The monoisotopic (exact) mass is 324 g/mol. The van der Waals surface area contributed by atoms with Gasteiger partial charge < -0.3 is 14.5 Å². The number of methoxy groups -OCH3 is 1. The van der Waals surface area contributed by atoms with Crippen LogP contribution in [0.15, 0.2) is 33.4 Å². The van der Waals surface area contributed by atoms with E-state index in [4.69, 9.17) is 9.15 Å². The van der Waals surface area contributed by atoms with Crippen molar-refractivity contribution in [1.29, 1.82) is 0 Å². The first-order valence-corrected chi connectivity index (χ1v) is 6.90. The van der Waals surface area contributed by atoms with Crippen LogP contribution >= 0.6 is 15.9 Å². The maximum absolute atomic E-state index is 5.53. The van der Waals surface area contributed by atoms with E-state index in [9.17, 15) is 0 Å². The SMILES string of the molecule is COCCNCc1coc(-c2cc(C)ccc2Br)n1. The Morgan fingerprint density at radius 2 is 2.26 bits per heavy atom. The molecule has 1 heterocycles. The molecule has 0 radical (unpaired) electrons. The van der Waals surface area contributed by atoms with E-state index >= 15 is 0 Å². The standard InChI is InChI=1S/C14H17BrN2O2/c1-10-3-4-13(15)12(7-10)14-17-11(9-19-14)8-16-5-6-18-2/h3-4,7,9,16H,5-6,8H2,1-2H3. The maximum Gasteiger partial charge on any atom is 0.227 e. The largest absolute Gasteiger partial charge is 0.444 e. The normalized spacial score (nSPS) is 10.9. The molecule has 2 rings (SSSR count). The van der Waals surface area contributed by atoms with Crippen molar-refractivity contribution in [3.8, 4) is 11.5 Å². The van der Waals surface area contributed by atoms with Crippen molar-refractivity contribution in [3.05, 3.63) is 40.2 Å². The molecule has 0 bridgehead atoms. The number of ether oxygens (including phenoxy) is 1. The highest BCUT2D eigenvalue weighted by molar-refractivity contribution is 9.10. The first-order valence-electron chi connectivity index (χ1n) is 6.11. The van der Waals surface area contributed by atoms with Gasteiger partial charge in [-0.2, -0.15) is 0 Å². The van der Waals surface area contributed by atoms with Crippen LogP contribution in [-0.4, -0.2) is 25.2 Å². The van der Waals surface area contributed by atoms with E-state index in [1.54, 1.807) is 13.4 Å². The van der Waals surface area contributed by atoms with Gasteiger partial charge in [0.25, 0.3) is 0 Å². The first-order chi connectivity index (χ1) is 9.20. The predicted octanol–water partition coefficient (Wildman–Crippen LogP) is 3.15. The molecule has 1 N–H and O–H groups in total. The van der Waals surface area contributed by atoms with Crippen LogP contribution in [0.2, 0.25) is 0 Å². The number of nitrogens with zero attached hydrogens (tertiary/aromatic N) is 1. The maximum atomic E-state index is 5.53. The lowest BCUT2D eigenvalue weighted by Crippen LogP contribution is -2.18. The van der Waals surface area contributed by atoms with Crippen molar-refractivity contribution in [2.45, 2.75) is 13.5 Å². The first kappa shape index (κ1) is 14.2. The van der Waals surface area contributed by atoms with Crippen molar-refractivity contribution >= 4 is 15.9 Å². The van der Waals surface area contributed by atoms with Crippen molar-refractivity contribution in [2.24, 2.45) is 0 Å². The minimum Gasteiger partial charge on any atom is -0.444 e. The Bertz CT molecular complexity index is 540. The summed E-state index contributed by atoms with van der Waals surface area (Å²) in [6.07, 6.45) is 1.68. The molecule has 2 aromatic rings. The number of oxazole rings is 1. The second-order valence-electron chi connectivity index (χ2n) is 4.30. The quantitative estimate of drug-likeness (QED) is 0.829. The Morgan fingerprint density at radius 3 is 3.05 bits per heavy atom. The number of nitrogens with one attached hydrogen (secondary N) is 1. The van der Waals surface area contributed by atoms with Gasteiger partial charge in [-0.25, -0.2) is 4.98 Å². The van der Waals surface area contributed by atoms with Crippen LogP contribution in [0.5, 0.6) is 0 Å². The van der Waals surface area contributed by atoms with E-state index in [-0.39, 0.29) is 0 Å². The average Bonchev–Trinajstić information content (AvgIpc) is 2.86. The van der Waals surface area contributed by atoms with E-state index in [2.05, 4.69) is 32.3 Å². The molecule has 0 fully saturated rings. The second-order valence-corrected chi connectivity index (χ2v) is 5.15. The molecule has 19 heavy (non-hydrogen) atoms. The fourth-order valence-electron chi connectivity index (χ4n) is 1.71. The van der Waals surface area contributed by atoms with Gasteiger partial charge in [0.2, 0.25) is 5.89 Å². The van der Waals surface area contributed by atoms with E-state index in [1.807, 2.05) is 19.1 Å². The third kappa shape index (κ3) is 3.89. The highest BCUT2D eigenvalue weighted by atomic mass is 79.9. The molecule has 0 spiro atoms. The molecule has 0 saturated carbocycles. The summed E-state index contributed by atoms with van der Waals surface area (Å²) >= 11 is 3.52. The third-order valence-electron chi connectivity index (χ3n) is 2.69. The summed E-state index contributed by atoms with van der Waals surface area (Å²) in [5.74, 6) is 0.638. The molecule has 102 valence electrons.